The van der Waals surface area contributed by atoms with Gasteiger partial charge in [-0.2, -0.15) is 5.26 Å². The fraction of sp³-hybridized carbons (Fsp3) is 0.412. The Labute approximate surface area is 133 Å². The van der Waals surface area contributed by atoms with Gasteiger partial charge in [0.25, 0.3) is 0 Å². The lowest BCUT2D eigenvalue weighted by atomic mass is 10.0. The van der Waals surface area contributed by atoms with Crippen LogP contribution in [0.15, 0.2) is 34.9 Å². The van der Waals surface area contributed by atoms with E-state index in [9.17, 15) is 5.26 Å². The van der Waals surface area contributed by atoms with Gasteiger partial charge in [-0.05, 0) is 38.1 Å². The van der Waals surface area contributed by atoms with Crippen molar-refractivity contribution in [2.75, 3.05) is 13.1 Å². The first-order valence-electron chi connectivity index (χ1n) is 7.48. The molecule has 1 saturated heterocycles. The number of benzene rings is 1. The highest BCUT2D eigenvalue weighted by Gasteiger charge is 2.23. The molecular formula is C17H18BrN3. The van der Waals surface area contributed by atoms with Crippen LogP contribution in [0.3, 0.4) is 0 Å². The fourth-order valence-corrected chi connectivity index (χ4v) is 3.53. The molecule has 0 aliphatic carbocycles. The molecule has 1 unspecified atom stereocenters. The molecule has 0 spiro atoms. The third-order valence-electron chi connectivity index (χ3n) is 4.17. The maximum Gasteiger partial charge on any atom is 0.125 e. The van der Waals surface area contributed by atoms with Gasteiger partial charge >= 0.3 is 0 Å². The standard InChI is InChI=1S/C17H18BrN3/c18-15-8-7-14(17-13(15)6-5-9-20-17)16(12-19)21-10-3-1-2-4-11-21/h5-9,16H,1-4,10-11H2. The van der Waals surface area contributed by atoms with E-state index in [1.165, 1.54) is 25.7 Å². The normalized spacial score (nSPS) is 18.1. The number of aromatic nitrogens is 1. The van der Waals surface area contributed by atoms with Crippen LogP contribution in [0, 0.1) is 11.3 Å². The minimum atomic E-state index is -0.200. The SMILES string of the molecule is N#CC(c1ccc(Br)c2cccnc12)N1CCCCCC1. The smallest absolute Gasteiger partial charge is 0.125 e. The lowest BCUT2D eigenvalue weighted by molar-refractivity contribution is 0.246. The third-order valence-corrected chi connectivity index (χ3v) is 4.86. The molecule has 1 aliphatic rings. The summed E-state index contributed by atoms with van der Waals surface area (Å²) >= 11 is 3.57. The van der Waals surface area contributed by atoms with Crippen LogP contribution in [0.4, 0.5) is 0 Å². The minimum absolute atomic E-state index is 0.200. The van der Waals surface area contributed by atoms with Gasteiger partial charge in [-0.15, -0.1) is 0 Å². The van der Waals surface area contributed by atoms with E-state index in [0.29, 0.717) is 0 Å². The Hall–Kier alpha value is -1.44. The van der Waals surface area contributed by atoms with E-state index < -0.39 is 0 Å². The number of pyridine rings is 1. The molecule has 0 N–H and O–H groups in total. The number of hydrogen-bond acceptors (Lipinski definition) is 3. The molecule has 1 aromatic carbocycles. The second-order valence-corrected chi connectivity index (χ2v) is 6.37. The lowest BCUT2D eigenvalue weighted by Crippen LogP contribution is -2.29. The Kier molecular flexibility index (Phi) is 4.52. The van der Waals surface area contributed by atoms with E-state index in [1.807, 2.05) is 24.3 Å². The van der Waals surface area contributed by atoms with Crippen LogP contribution in [-0.4, -0.2) is 23.0 Å². The predicted octanol–water partition coefficient (Wildman–Crippen LogP) is 4.44. The van der Waals surface area contributed by atoms with Crippen molar-refractivity contribution < 1.29 is 0 Å². The number of likely N-dealkylation sites (tertiary alicyclic amines) is 1. The molecule has 0 radical (unpaired) electrons. The van der Waals surface area contributed by atoms with Crippen molar-refractivity contribution in [3.8, 4) is 6.07 Å². The van der Waals surface area contributed by atoms with Crippen molar-refractivity contribution in [2.45, 2.75) is 31.7 Å². The monoisotopic (exact) mass is 343 g/mol. The molecule has 1 aliphatic heterocycles. The van der Waals surface area contributed by atoms with Gasteiger partial charge in [-0.1, -0.05) is 40.9 Å². The lowest BCUT2D eigenvalue weighted by Gasteiger charge is -2.26. The van der Waals surface area contributed by atoms with E-state index in [4.69, 9.17) is 0 Å². The largest absolute Gasteiger partial charge is 0.284 e. The first-order valence-corrected chi connectivity index (χ1v) is 8.27. The zero-order valence-electron chi connectivity index (χ0n) is 11.9. The molecule has 1 aromatic heterocycles. The molecule has 21 heavy (non-hydrogen) atoms. The summed E-state index contributed by atoms with van der Waals surface area (Å²) in [4.78, 5) is 6.83. The Morgan fingerprint density at radius 1 is 1.14 bits per heavy atom. The zero-order valence-corrected chi connectivity index (χ0v) is 13.5. The molecule has 4 heteroatoms. The predicted molar refractivity (Wildman–Crippen MR) is 87.8 cm³/mol. The van der Waals surface area contributed by atoms with Crippen LogP contribution in [0.1, 0.15) is 37.3 Å². The molecule has 1 fully saturated rings. The van der Waals surface area contributed by atoms with Crippen LogP contribution in [-0.2, 0) is 0 Å². The van der Waals surface area contributed by atoms with Crippen LogP contribution in [0.5, 0.6) is 0 Å². The Bertz CT molecular complexity index is 669. The fourth-order valence-electron chi connectivity index (χ4n) is 3.08. The van der Waals surface area contributed by atoms with E-state index >= 15 is 0 Å². The van der Waals surface area contributed by atoms with Gasteiger partial charge in [0.2, 0.25) is 0 Å². The van der Waals surface area contributed by atoms with Gasteiger partial charge < -0.3 is 0 Å². The van der Waals surface area contributed by atoms with Gasteiger partial charge in [0, 0.05) is 21.6 Å². The summed E-state index contributed by atoms with van der Waals surface area (Å²) in [5.74, 6) is 0. The quantitative estimate of drug-likeness (QED) is 0.809. The maximum atomic E-state index is 9.72. The summed E-state index contributed by atoms with van der Waals surface area (Å²) in [5.41, 5.74) is 1.96. The van der Waals surface area contributed by atoms with Crippen molar-refractivity contribution in [2.24, 2.45) is 0 Å². The molecule has 0 saturated carbocycles. The molecule has 2 heterocycles. The molecule has 0 amide bonds. The summed E-state index contributed by atoms with van der Waals surface area (Å²) < 4.78 is 1.03. The van der Waals surface area contributed by atoms with Gasteiger partial charge in [0.15, 0.2) is 0 Å². The summed E-state index contributed by atoms with van der Waals surface area (Å²) in [6.07, 6.45) is 6.71. The third kappa shape index (κ3) is 2.95. The van der Waals surface area contributed by atoms with Crippen molar-refractivity contribution >= 4 is 26.8 Å². The topological polar surface area (TPSA) is 39.9 Å². The molecular weight excluding hydrogens is 326 g/mol. The highest BCUT2D eigenvalue weighted by molar-refractivity contribution is 9.10. The van der Waals surface area contributed by atoms with Crippen molar-refractivity contribution in [1.82, 2.24) is 9.88 Å². The Morgan fingerprint density at radius 2 is 1.90 bits per heavy atom. The first-order chi connectivity index (χ1) is 10.3. The van der Waals surface area contributed by atoms with E-state index in [-0.39, 0.29) is 6.04 Å². The number of rotatable bonds is 2. The zero-order chi connectivity index (χ0) is 14.7. The van der Waals surface area contributed by atoms with Crippen molar-refractivity contribution in [3.05, 3.63) is 40.5 Å². The number of fused-ring (bicyclic) bond motifs is 1. The van der Waals surface area contributed by atoms with Gasteiger partial charge in [0.05, 0.1) is 11.6 Å². The highest BCUT2D eigenvalue weighted by Crippen LogP contribution is 2.32. The second kappa shape index (κ2) is 6.55. The molecule has 2 aromatic rings. The molecule has 0 bridgehead atoms. The van der Waals surface area contributed by atoms with E-state index in [0.717, 1.165) is 34.0 Å². The van der Waals surface area contributed by atoms with Gasteiger partial charge in [0.1, 0.15) is 6.04 Å². The molecule has 1 atom stereocenters. The average molecular weight is 344 g/mol. The summed E-state index contributed by atoms with van der Waals surface area (Å²) in [5, 5.41) is 10.8. The summed E-state index contributed by atoms with van der Waals surface area (Å²) in [7, 11) is 0. The molecule has 3 rings (SSSR count). The van der Waals surface area contributed by atoms with E-state index in [2.05, 4.69) is 31.9 Å². The van der Waals surface area contributed by atoms with Crippen molar-refractivity contribution in [3.63, 3.8) is 0 Å². The number of hydrogen-bond donors (Lipinski definition) is 0. The summed E-state index contributed by atoms with van der Waals surface area (Å²) in [6, 6.07) is 10.3. The minimum Gasteiger partial charge on any atom is -0.284 e. The Balaban J connectivity index is 2.05. The van der Waals surface area contributed by atoms with Crippen LogP contribution < -0.4 is 0 Å². The highest BCUT2D eigenvalue weighted by atomic mass is 79.9. The Morgan fingerprint density at radius 3 is 2.62 bits per heavy atom. The van der Waals surface area contributed by atoms with Crippen molar-refractivity contribution in [1.29, 1.82) is 5.26 Å². The second-order valence-electron chi connectivity index (χ2n) is 5.52. The molecule has 3 nitrogen and oxygen atoms in total. The summed E-state index contributed by atoms with van der Waals surface area (Å²) in [6.45, 7) is 2.01. The van der Waals surface area contributed by atoms with Crippen LogP contribution in [0.2, 0.25) is 0 Å². The molecule has 108 valence electrons. The first kappa shape index (κ1) is 14.5. The number of nitrogens with zero attached hydrogens (tertiary/aromatic N) is 3. The number of halogens is 1. The van der Waals surface area contributed by atoms with Crippen LogP contribution in [0.25, 0.3) is 10.9 Å². The van der Waals surface area contributed by atoms with Gasteiger partial charge in [-0.25, -0.2) is 0 Å². The van der Waals surface area contributed by atoms with Crippen LogP contribution >= 0.6 is 15.9 Å². The average Bonchev–Trinajstić information content (AvgIpc) is 2.80. The number of nitriles is 1. The maximum absolute atomic E-state index is 9.72. The van der Waals surface area contributed by atoms with Gasteiger partial charge in [-0.3, -0.25) is 9.88 Å². The van der Waals surface area contributed by atoms with E-state index in [1.54, 1.807) is 6.20 Å².